The van der Waals surface area contributed by atoms with E-state index in [0.29, 0.717) is 0 Å². The van der Waals surface area contributed by atoms with Crippen LogP contribution < -0.4 is 4.74 Å². The van der Waals surface area contributed by atoms with E-state index in [1.807, 2.05) is 0 Å². The number of carbonyl (C=O) groups is 2. The van der Waals surface area contributed by atoms with Gasteiger partial charge >= 0.3 is 0 Å². The Hall–Kier alpha value is -2.82. The fourth-order valence-corrected chi connectivity index (χ4v) is 3.52. The normalized spacial score (nSPS) is 26.1. The summed E-state index contributed by atoms with van der Waals surface area (Å²) in [6.07, 6.45) is -5.90. The van der Waals surface area contributed by atoms with E-state index < -0.39 is 48.5 Å². The summed E-state index contributed by atoms with van der Waals surface area (Å²) in [5, 5.41) is 49.7. The molecule has 4 rings (SSSR count). The molecular weight excluding hydrogens is 384 g/mol. The van der Waals surface area contributed by atoms with Crippen molar-refractivity contribution in [3.8, 4) is 11.5 Å². The van der Waals surface area contributed by atoms with Crippen LogP contribution in [0.25, 0.3) is 0 Å². The zero-order valence-corrected chi connectivity index (χ0v) is 15.0. The Kier molecular flexibility index (Phi) is 4.85. The van der Waals surface area contributed by atoms with Gasteiger partial charge < -0.3 is 35.0 Å². The smallest absolute Gasteiger partial charge is 0.228 e. The summed E-state index contributed by atoms with van der Waals surface area (Å²) in [6, 6.07) is 7.34. The highest BCUT2D eigenvalue weighted by Crippen LogP contribution is 2.40. The summed E-state index contributed by atoms with van der Waals surface area (Å²) in [5.41, 5.74) is -0.240. The van der Waals surface area contributed by atoms with Gasteiger partial charge in [-0.05, 0) is 6.07 Å². The van der Waals surface area contributed by atoms with Gasteiger partial charge in [-0.15, -0.1) is 0 Å². The minimum Gasteiger partial charge on any atom is -0.507 e. The summed E-state index contributed by atoms with van der Waals surface area (Å²) in [6.45, 7) is -1.05. The molecule has 0 saturated carbocycles. The van der Waals surface area contributed by atoms with Crippen molar-refractivity contribution in [3.05, 3.63) is 58.1 Å². The zero-order chi connectivity index (χ0) is 20.9. The maximum atomic E-state index is 12.9. The Balaban J connectivity index is 1.79. The standard InChI is InChI=1S/C20H18O9/c21-6-11-13(29-20-19(27)18(26)12(22)7-28-20)5-10-14(17(11)25)16(24)9-4-2-1-3-8(9)15(10)23/h1-5,12,18-22,25-27H,6-7H2/t12-,18+,19-,20+/m1/s1. The van der Waals surface area contributed by atoms with E-state index >= 15 is 0 Å². The molecule has 0 amide bonds. The fraction of sp³-hybridized carbons (Fsp3) is 0.300. The monoisotopic (exact) mass is 402 g/mol. The number of aliphatic hydroxyl groups is 4. The van der Waals surface area contributed by atoms with Crippen LogP contribution in [0, 0.1) is 0 Å². The van der Waals surface area contributed by atoms with Gasteiger partial charge in [0.15, 0.2) is 11.6 Å². The molecule has 5 N–H and O–H groups in total. The number of benzene rings is 2. The van der Waals surface area contributed by atoms with Gasteiger partial charge in [-0.25, -0.2) is 0 Å². The molecule has 1 saturated heterocycles. The van der Waals surface area contributed by atoms with E-state index in [9.17, 15) is 35.1 Å². The molecule has 1 fully saturated rings. The molecule has 152 valence electrons. The van der Waals surface area contributed by atoms with Crippen LogP contribution in [0.2, 0.25) is 0 Å². The van der Waals surface area contributed by atoms with Crippen molar-refractivity contribution in [2.24, 2.45) is 0 Å². The maximum Gasteiger partial charge on any atom is 0.228 e. The van der Waals surface area contributed by atoms with Gasteiger partial charge in [0.2, 0.25) is 6.29 Å². The summed E-state index contributed by atoms with van der Waals surface area (Å²) in [5.74, 6) is -1.89. The van der Waals surface area contributed by atoms with E-state index in [2.05, 4.69) is 0 Å². The van der Waals surface area contributed by atoms with E-state index in [0.717, 1.165) is 0 Å². The van der Waals surface area contributed by atoms with E-state index in [4.69, 9.17) is 9.47 Å². The van der Waals surface area contributed by atoms with Crippen molar-refractivity contribution in [2.75, 3.05) is 6.61 Å². The number of rotatable bonds is 3. The third-order valence-corrected chi connectivity index (χ3v) is 5.11. The number of fused-ring (bicyclic) bond motifs is 2. The summed E-state index contributed by atoms with van der Waals surface area (Å²) >= 11 is 0. The number of aromatic hydroxyl groups is 1. The molecule has 2 aliphatic rings. The van der Waals surface area contributed by atoms with Crippen LogP contribution in [0.15, 0.2) is 30.3 Å². The first-order valence-corrected chi connectivity index (χ1v) is 8.85. The number of hydrogen-bond donors (Lipinski definition) is 5. The molecule has 9 heteroatoms. The Labute approximate surface area is 164 Å². The first-order chi connectivity index (χ1) is 13.8. The quantitative estimate of drug-likeness (QED) is 0.389. The van der Waals surface area contributed by atoms with Gasteiger partial charge in [-0.1, -0.05) is 24.3 Å². The highest BCUT2D eigenvalue weighted by atomic mass is 16.7. The predicted octanol–water partition coefficient (Wildman–Crippen LogP) is -0.522. The van der Waals surface area contributed by atoms with Crippen LogP contribution in [0.5, 0.6) is 11.5 Å². The van der Waals surface area contributed by atoms with Crippen molar-refractivity contribution in [3.63, 3.8) is 0 Å². The van der Waals surface area contributed by atoms with Crippen molar-refractivity contribution in [2.45, 2.75) is 31.2 Å². The van der Waals surface area contributed by atoms with Gasteiger partial charge in [0, 0.05) is 16.7 Å². The average molecular weight is 402 g/mol. The lowest BCUT2D eigenvalue weighted by atomic mass is 9.82. The van der Waals surface area contributed by atoms with Crippen LogP contribution >= 0.6 is 0 Å². The van der Waals surface area contributed by atoms with Crippen molar-refractivity contribution in [1.82, 2.24) is 0 Å². The first-order valence-electron chi connectivity index (χ1n) is 8.85. The third kappa shape index (κ3) is 3.00. The molecule has 0 aromatic heterocycles. The Morgan fingerprint density at radius 1 is 1.00 bits per heavy atom. The summed E-state index contributed by atoms with van der Waals surface area (Å²) < 4.78 is 10.7. The molecule has 0 radical (unpaired) electrons. The molecule has 0 unspecified atom stereocenters. The number of phenols is 1. The van der Waals surface area contributed by atoms with Crippen LogP contribution in [-0.4, -0.2) is 68.3 Å². The lowest BCUT2D eigenvalue weighted by molar-refractivity contribution is -0.242. The van der Waals surface area contributed by atoms with Gasteiger partial charge in [-0.3, -0.25) is 9.59 Å². The van der Waals surface area contributed by atoms with Crippen molar-refractivity contribution in [1.29, 1.82) is 0 Å². The molecule has 2 aromatic rings. The number of carbonyl (C=O) groups excluding carboxylic acids is 2. The first kappa shape index (κ1) is 19.5. The average Bonchev–Trinajstić information content (AvgIpc) is 2.72. The molecule has 1 heterocycles. The molecule has 0 bridgehead atoms. The Morgan fingerprint density at radius 2 is 1.66 bits per heavy atom. The van der Waals surface area contributed by atoms with Crippen LogP contribution in [0.1, 0.15) is 37.4 Å². The summed E-state index contributed by atoms with van der Waals surface area (Å²) in [4.78, 5) is 25.7. The largest absolute Gasteiger partial charge is 0.507 e. The number of ketones is 2. The lowest BCUT2D eigenvalue weighted by Gasteiger charge is -2.35. The molecular formula is C20H18O9. The van der Waals surface area contributed by atoms with Crippen molar-refractivity contribution < 1.29 is 44.6 Å². The molecule has 1 aliphatic carbocycles. The maximum absolute atomic E-state index is 12.9. The second-order valence-electron chi connectivity index (χ2n) is 6.85. The van der Waals surface area contributed by atoms with E-state index in [-0.39, 0.29) is 40.2 Å². The zero-order valence-electron chi connectivity index (χ0n) is 15.0. The van der Waals surface area contributed by atoms with Gasteiger partial charge in [0.1, 0.15) is 29.8 Å². The molecule has 2 aromatic carbocycles. The Morgan fingerprint density at radius 3 is 2.31 bits per heavy atom. The third-order valence-electron chi connectivity index (χ3n) is 5.11. The van der Waals surface area contributed by atoms with Crippen LogP contribution in [0.3, 0.4) is 0 Å². The number of ether oxygens (including phenoxy) is 2. The molecule has 0 spiro atoms. The fourth-order valence-electron chi connectivity index (χ4n) is 3.52. The molecule has 1 aliphatic heterocycles. The topological polar surface area (TPSA) is 154 Å². The Bertz CT molecular complexity index is 1000. The highest BCUT2D eigenvalue weighted by Gasteiger charge is 2.40. The van der Waals surface area contributed by atoms with Crippen molar-refractivity contribution >= 4 is 11.6 Å². The van der Waals surface area contributed by atoms with E-state index in [1.54, 1.807) is 12.1 Å². The highest BCUT2D eigenvalue weighted by molar-refractivity contribution is 6.29. The minimum atomic E-state index is -1.62. The van der Waals surface area contributed by atoms with Gasteiger partial charge in [0.05, 0.1) is 24.3 Å². The second-order valence-corrected chi connectivity index (χ2v) is 6.85. The lowest BCUT2D eigenvalue weighted by Crippen LogP contribution is -2.54. The predicted molar refractivity (Wildman–Crippen MR) is 95.7 cm³/mol. The minimum absolute atomic E-state index is 0.121. The SMILES string of the molecule is O=C1c2ccccc2C(=O)c2c1cc(O[C@@H]1OC[C@@H](O)[C@H](O)[C@H]1O)c(CO)c2O. The molecule has 29 heavy (non-hydrogen) atoms. The van der Waals surface area contributed by atoms with Crippen LogP contribution in [-0.2, 0) is 11.3 Å². The number of hydrogen-bond acceptors (Lipinski definition) is 9. The molecule has 4 atom stereocenters. The second kappa shape index (κ2) is 7.21. The van der Waals surface area contributed by atoms with Crippen LogP contribution in [0.4, 0.5) is 0 Å². The number of aliphatic hydroxyl groups excluding tert-OH is 4. The van der Waals surface area contributed by atoms with Gasteiger partial charge in [0.25, 0.3) is 0 Å². The van der Waals surface area contributed by atoms with E-state index in [1.165, 1.54) is 18.2 Å². The molecule has 9 nitrogen and oxygen atoms in total. The summed E-state index contributed by atoms with van der Waals surface area (Å²) in [7, 11) is 0. The van der Waals surface area contributed by atoms with Gasteiger partial charge in [-0.2, -0.15) is 0 Å².